The molecule has 6 heteroatoms. The molecule has 21 heavy (non-hydrogen) atoms. The van der Waals surface area contributed by atoms with Crippen LogP contribution in [0.5, 0.6) is 0 Å². The van der Waals surface area contributed by atoms with Gasteiger partial charge in [-0.25, -0.2) is 13.1 Å². The van der Waals surface area contributed by atoms with Gasteiger partial charge in [0.2, 0.25) is 10.0 Å². The first-order valence-corrected chi connectivity index (χ1v) is 8.69. The van der Waals surface area contributed by atoms with Crippen molar-refractivity contribution in [2.45, 2.75) is 49.8 Å². The van der Waals surface area contributed by atoms with Gasteiger partial charge in [0.15, 0.2) is 0 Å². The SMILES string of the molecule is CNC(C)c1ccc(S(=O)(=O)NC2(C)CCOC2C)cc1. The zero-order valence-corrected chi connectivity index (χ0v) is 13.8. The third-order valence-corrected chi connectivity index (χ3v) is 6.01. The minimum atomic E-state index is -3.53. The van der Waals surface area contributed by atoms with Gasteiger partial charge in [0.1, 0.15) is 0 Å². The summed E-state index contributed by atoms with van der Waals surface area (Å²) in [6.07, 6.45) is 0.554. The molecule has 3 unspecified atom stereocenters. The molecule has 1 aliphatic heterocycles. The van der Waals surface area contributed by atoms with E-state index in [1.165, 1.54) is 0 Å². The van der Waals surface area contributed by atoms with Gasteiger partial charge in [-0.2, -0.15) is 0 Å². The van der Waals surface area contributed by atoms with Crippen LogP contribution in [0.3, 0.4) is 0 Å². The van der Waals surface area contributed by atoms with E-state index in [0.717, 1.165) is 5.56 Å². The van der Waals surface area contributed by atoms with Gasteiger partial charge < -0.3 is 10.1 Å². The lowest BCUT2D eigenvalue weighted by Crippen LogP contribution is -2.50. The van der Waals surface area contributed by atoms with Gasteiger partial charge in [0.25, 0.3) is 0 Å². The van der Waals surface area contributed by atoms with Crippen LogP contribution in [0.1, 0.15) is 38.8 Å². The molecule has 0 radical (unpaired) electrons. The van der Waals surface area contributed by atoms with E-state index in [9.17, 15) is 8.42 Å². The first kappa shape index (κ1) is 16.4. The monoisotopic (exact) mass is 312 g/mol. The summed E-state index contributed by atoms with van der Waals surface area (Å²) >= 11 is 0. The van der Waals surface area contributed by atoms with Gasteiger partial charge >= 0.3 is 0 Å². The largest absolute Gasteiger partial charge is 0.376 e. The molecule has 3 atom stereocenters. The molecule has 0 aromatic heterocycles. The van der Waals surface area contributed by atoms with Crippen LogP contribution in [0.15, 0.2) is 29.2 Å². The molecule has 1 fully saturated rings. The van der Waals surface area contributed by atoms with Crippen LogP contribution in [-0.4, -0.2) is 33.7 Å². The highest BCUT2D eigenvalue weighted by molar-refractivity contribution is 7.89. The molecular formula is C15H24N2O3S. The van der Waals surface area contributed by atoms with Crippen molar-refractivity contribution in [2.75, 3.05) is 13.7 Å². The fraction of sp³-hybridized carbons (Fsp3) is 0.600. The van der Waals surface area contributed by atoms with E-state index in [0.29, 0.717) is 13.0 Å². The lowest BCUT2D eigenvalue weighted by Gasteiger charge is -2.28. The molecule has 1 saturated heterocycles. The number of sulfonamides is 1. The molecule has 0 saturated carbocycles. The van der Waals surface area contributed by atoms with Crippen LogP contribution in [0, 0.1) is 0 Å². The Hall–Kier alpha value is -0.950. The fourth-order valence-electron chi connectivity index (χ4n) is 2.44. The Kier molecular flexibility index (Phi) is 4.72. The minimum absolute atomic E-state index is 0.129. The van der Waals surface area contributed by atoms with Gasteiger partial charge in [0.05, 0.1) is 16.5 Å². The zero-order chi connectivity index (χ0) is 15.7. The van der Waals surface area contributed by atoms with E-state index in [2.05, 4.69) is 10.0 Å². The number of hydrogen-bond acceptors (Lipinski definition) is 4. The zero-order valence-electron chi connectivity index (χ0n) is 13.0. The molecule has 1 heterocycles. The predicted octanol–water partition coefficient (Wildman–Crippen LogP) is 1.81. The quantitative estimate of drug-likeness (QED) is 0.870. The van der Waals surface area contributed by atoms with Gasteiger partial charge in [0, 0.05) is 12.6 Å². The van der Waals surface area contributed by atoms with Gasteiger partial charge in [-0.3, -0.25) is 0 Å². The highest BCUT2D eigenvalue weighted by Crippen LogP contribution is 2.27. The number of rotatable bonds is 5. The highest BCUT2D eigenvalue weighted by Gasteiger charge is 2.40. The van der Waals surface area contributed by atoms with Crippen LogP contribution in [0.4, 0.5) is 0 Å². The Morgan fingerprint density at radius 3 is 2.43 bits per heavy atom. The maximum Gasteiger partial charge on any atom is 0.241 e. The van der Waals surface area contributed by atoms with Crippen molar-refractivity contribution < 1.29 is 13.2 Å². The average Bonchev–Trinajstić information content (AvgIpc) is 2.76. The topological polar surface area (TPSA) is 67.4 Å². The standard InChI is InChI=1S/C15H24N2O3S/c1-11(16-4)13-5-7-14(8-6-13)21(18,19)17-15(3)9-10-20-12(15)2/h5-8,11-12,16-17H,9-10H2,1-4H3. The Balaban J connectivity index is 2.20. The molecule has 0 amide bonds. The Bertz CT molecular complexity index is 585. The summed E-state index contributed by atoms with van der Waals surface area (Å²) in [5, 5.41) is 3.13. The summed E-state index contributed by atoms with van der Waals surface area (Å²) in [5.41, 5.74) is 0.510. The van der Waals surface area contributed by atoms with Crippen molar-refractivity contribution in [1.29, 1.82) is 0 Å². The normalized spacial score (nSPS) is 27.7. The summed E-state index contributed by atoms with van der Waals surface area (Å²) in [4.78, 5) is 0.287. The number of ether oxygens (including phenoxy) is 1. The summed E-state index contributed by atoms with van der Waals surface area (Å²) in [7, 11) is -1.66. The Morgan fingerprint density at radius 1 is 1.33 bits per heavy atom. The summed E-state index contributed by atoms with van der Waals surface area (Å²) in [5.74, 6) is 0. The number of nitrogens with one attached hydrogen (secondary N) is 2. The van der Waals surface area contributed by atoms with E-state index in [4.69, 9.17) is 4.74 Å². The second kappa shape index (κ2) is 6.04. The maximum absolute atomic E-state index is 12.5. The molecule has 1 aromatic carbocycles. The van der Waals surface area contributed by atoms with Crippen LogP contribution >= 0.6 is 0 Å². The molecule has 1 aromatic rings. The summed E-state index contributed by atoms with van der Waals surface area (Å²) in [6, 6.07) is 7.17. The first-order chi connectivity index (χ1) is 9.78. The van der Waals surface area contributed by atoms with Crippen molar-refractivity contribution in [1.82, 2.24) is 10.0 Å². The van der Waals surface area contributed by atoms with Gasteiger partial charge in [-0.05, 0) is 51.9 Å². The molecule has 1 aliphatic rings. The van der Waals surface area contributed by atoms with E-state index >= 15 is 0 Å². The Morgan fingerprint density at radius 2 is 1.95 bits per heavy atom. The minimum Gasteiger partial charge on any atom is -0.376 e. The van der Waals surface area contributed by atoms with Crippen LogP contribution in [-0.2, 0) is 14.8 Å². The number of benzene rings is 1. The van der Waals surface area contributed by atoms with E-state index in [1.807, 2.05) is 40.0 Å². The average molecular weight is 312 g/mol. The summed E-state index contributed by atoms with van der Waals surface area (Å²) in [6.45, 7) is 6.39. The van der Waals surface area contributed by atoms with Crippen LogP contribution < -0.4 is 10.0 Å². The summed E-state index contributed by atoms with van der Waals surface area (Å²) < 4.78 is 33.3. The van der Waals surface area contributed by atoms with E-state index in [1.54, 1.807) is 12.1 Å². The lowest BCUT2D eigenvalue weighted by atomic mass is 9.97. The van der Waals surface area contributed by atoms with Crippen molar-refractivity contribution in [3.63, 3.8) is 0 Å². The van der Waals surface area contributed by atoms with Crippen LogP contribution in [0.25, 0.3) is 0 Å². The Labute approximate surface area is 127 Å². The first-order valence-electron chi connectivity index (χ1n) is 7.21. The van der Waals surface area contributed by atoms with Crippen molar-refractivity contribution >= 4 is 10.0 Å². The molecule has 5 nitrogen and oxygen atoms in total. The third kappa shape index (κ3) is 3.45. The predicted molar refractivity (Wildman–Crippen MR) is 82.7 cm³/mol. The van der Waals surface area contributed by atoms with E-state index < -0.39 is 15.6 Å². The molecule has 2 rings (SSSR count). The van der Waals surface area contributed by atoms with Gasteiger partial charge in [-0.15, -0.1) is 0 Å². The second-order valence-corrected chi connectivity index (χ2v) is 7.55. The molecule has 118 valence electrons. The van der Waals surface area contributed by atoms with Crippen molar-refractivity contribution in [2.24, 2.45) is 0 Å². The fourth-order valence-corrected chi connectivity index (χ4v) is 3.93. The highest BCUT2D eigenvalue weighted by atomic mass is 32.2. The third-order valence-electron chi connectivity index (χ3n) is 4.38. The maximum atomic E-state index is 12.5. The van der Waals surface area contributed by atoms with Crippen LogP contribution in [0.2, 0.25) is 0 Å². The van der Waals surface area contributed by atoms with Gasteiger partial charge in [-0.1, -0.05) is 12.1 Å². The number of hydrogen-bond donors (Lipinski definition) is 2. The van der Waals surface area contributed by atoms with E-state index in [-0.39, 0.29) is 17.0 Å². The molecule has 2 N–H and O–H groups in total. The lowest BCUT2D eigenvalue weighted by molar-refractivity contribution is 0.0957. The molecule has 0 bridgehead atoms. The smallest absolute Gasteiger partial charge is 0.241 e. The second-order valence-electron chi connectivity index (χ2n) is 5.87. The molecule has 0 spiro atoms. The molecular weight excluding hydrogens is 288 g/mol. The molecule has 0 aliphatic carbocycles. The van der Waals surface area contributed by atoms with Crippen molar-refractivity contribution in [3.05, 3.63) is 29.8 Å². The van der Waals surface area contributed by atoms with Crippen molar-refractivity contribution in [3.8, 4) is 0 Å².